The van der Waals surface area contributed by atoms with Crippen molar-refractivity contribution in [1.29, 1.82) is 0 Å². The molecule has 1 aliphatic carbocycles. The highest BCUT2D eigenvalue weighted by molar-refractivity contribution is 6.53. The van der Waals surface area contributed by atoms with E-state index in [1.54, 1.807) is 14.0 Å². The molecule has 0 spiro atoms. The Bertz CT molecular complexity index is 726. The molecule has 122 valence electrons. The number of esters is 1. The summed E-state index contributed by atoms with van der Waals surface area (Å²) in [6, 6.07) is 7.30. The van der Waals surface area contributed by atoms with Crippen molar-refractivity contribution in [3.63, 3.8) is 0 Å². The minimum absolute atomic E-state index is 0.0118. The second-order valence-corrected chi connectivity index (χ2v) is 7.15. The second kappa shape index (κ2) is 5.73. The lowest BCUT2D eigenvalue weighted by atomic mass is 10.1. The molecule has 1 fully saturated rings. The van der Waals surface area contributed by atoms with Gasteiger partial charge in [0.1, 0.15) is 34.1 Å². The number of benzene rings is 1. The van der Waals surface area contributed by atoms with Crippen molar-refractivity contribution < 1.29 is 18.7 Å². The molecule has 0 saturated heterocycles. The number of carbonyl (C=O) groups excluding carboxylic acids is 1. The SMILES string of the molecule is COc1ccc(-c2nc(COC(=O)[C@]3(C)CC3(Cl)Cl)co2)cc1. The van der Waals surface area contributed by atoms with Crippen LogP contribution in [0.25, 0.3) is 11.5 Å². The zero-order valence-electron chi connectivity index (χ0n) is 12.6. The third-order valence-electron chi connectivity index (χ3n) is 3.95. The monoisotopic (exact) mass is 355 g/mol. The van der Waals surface area contributed by atoms with E-state index in [4.69, 9.17) is 37.1 Å². The molecule has 3 rings (SSSR count). The number of halogens is 2. The largest absolute Gasteiger partial charge is 0.497 e. The molecule has 1 heterocycles. The van der Waals surface area contributed by atoms with E-state index >= 15 is 0 Å². The van der Waals surface area contributed by atoms with Gasteiger partial charge in [0.25, 0.3) is 0 Å². The molecule has 0 unspecified atom stereocenters. The number of aromatic nitrogens is 1. The molecule has 23 heavy (non-hydrogen) atoms. The number of oxazole rings is 1. The van der Waals surface area contributed by atoms with Crippen molar-refractivity contribution in [3.05, 3.63) is 36.2 Å². The number of methoxy groups -OCH3 is 1. The van der Waals surface area contributed by atoms with E-state index in [2.05, 4.69) is 4.98 Å². The normalized spacial score (nSPS) is 21.7. The number of alkyl halides is 2. The van der Waals surface area contributed by atoms with Gasteiger partial charge in [0, 0.05) is 12.0 Å². The summed E-state index contributed by atoms with van der Waals surface area (Å²) < 4.78 is 14.7. The van der Waals surface area contributed by atoms with Crippen molar-refractivity contribution >= 4 is 29.2 Å². The van der Waals surface area contributed by atoms with Gasteiger partial charge in [0.15, 0.2) is 0 Å². The minimum atomic E-state index is -1.04. The minimum Gasteiger partial charge on any atom is -0.497 e. The van der Waals surface area contributed by atoms with Gasteiger partial charge in [0.05, 0.1) is 7.11 Å². The smallest absolute Gasteiger partial charge is 0.315 e. The van der Waals surface area contributed by atoms with Crippen molar-refractivity contribution in [2.45, 2.75) is 24.3 Å². The van der Waals surface area contributed by atoms with Gasteiger partial charge in [-0.05, 0) is 31.2 Å². The van der Waals surface area contributed by atoms with E-state index < -0.39 is 15.7 Å². The number of nitrogens with zero attached hydrogens (tertiary/aromatic N) is 1. The van der Waals surface area contributed by atoms with Crippen molar-refractivity contribution in [2.75, 3.05) is 7.11 Å². The average Bonchev–Trinajstić information content (AvgIpc) is 2.91. The van der Waals surface area contributed by atoms with Crippen molar-refractivity contribution in [3.8, 4) is 17.2 Å². The summed E-state index contributed by atoms with van der Waals surface area (Å²) in [7, 11) is 1.60. The Morgan fingerprint density at radius 3 is 2.57 bits per heavy atom. The summed E-state index contributed by atoms with van der Waals surface area (Å²) in [5, 5.41) is 0. The topological polar surface area (TPSA) is 61.6 Å². The lowest BCUT2D eigenvalue weighted by Crippen LogP contribution is -2.21. The number of carbonyl (C=O) groups is 1. The third kappa shape index (κ3) is 3.03. The molecule has 5 nitrogen and oxygen atoms in total. The maximum absolute atomic E-state index is 12.0. The van der Waals surface area contributed by atoms with E-state index in [1.165, 1.54) is 6.26 Å². The number of hydrogen-bond donors (Lipinski definition) is 0. The van der Waals surface area contributed by atoms with Crippen LogP contribution < -0.4 is 4.74 Å². The Hall–Kier alpha value is -1.72. The summed E-state index contributed by atoms with van der Waals surface area (Å²) >= 11 is 11.9. The van der Waals surface area contributed by atoms with Crippen LogP contribution in [0.2, 0.25) is 0 Å². The first kappa shape index (κ1) is 16.1. The van der Waals surface area contributed by atoms with Crippen LogP contribution in [0.5, 0.6) is 5.75 Å². The molecule has 7 heteroatoms. The zero-order valence-corrected chi connectivity index (χ0v) is 14.1. The van der Waals surface area contributed by atoms with E-state index in [-0.39, 0.29) is 6.61 Å². The highest BCUT2D eigenvalue weighted by Gasteiger charge is 2.69. The van der Waals surface area contributed by atoms with Crippen LogP contribution in [0.4, 0.5) is 0 Å². The van der Waals surface area contributed by atoms with Gasteiger partial charge >= 0.3 is 5.97 Å². The quantitative estimate of drug-likeness (QED) is 0.599. The third-order valence-corrected chi connectivity index (χ3v) is 5.05. The van der Waals surface area contributed by atoms with Gasteiger partial charge in [0.2, 0.25) is 5.89 Å². The van der Waals surface area contributed by atoms with E-state index in [1.807, 2.05) is 24.3 Å². The summed E-state index contributed by atoms with van der Waals surface area (Å²) in [4.78, 5) is 16.3. The summed E-state index contributed by atoms with van der Waals surface area (Å²) in [5.41, 5.74) is 0.472. The highest BCUT2D eigenvalue weighted by Crippen LogP contribution is 2.64. The standard InChI is InChI=1S/C16H15Cl2NO4/c1-15(9-16(15,17)18)14(20)23-8-11-7-22-13(19-11)10-3-5-12(21-2)6-4-10/h3-7H,8-9H2,1-2H3/t15-/m0/s1. The maximum atomic E-state index is 12.0. The van der Waals surface area contributed by atoms with Crippen LogP contribution in [0.3, 0.4) is 0 Å². The first-order chi connectivity index (χ1) is 10.9. The molecule has 1 atom stereocenters. The van der Waals surface area contributed by atoms with E-state index in [0.717, 1.165) is 11.3 Å². The first-order valence-corrected chi connectivity index (χ1v) is 7.75. The van der Waals surface area contributed by atoms with Crippen molar-refractivity contribution in [1.82, 2.24) is 4.98 Å². The molecule has 1 aromatic heterocycles. The second-order valence-electron chi connectivity index (χ2n) is 5.66. The van der Waals surface area contributed by atoms with Gasteiger partial charge in [-0.15, -0.1) is 23.2 Å². The predicted molar refractivity (Wildman–Crippen MR) is 85.4 cm³/mol. The van der Waals surface area contributed by atoms with Crippen LogP contribution in [0, 0.1) is 5.41 Å². The Labute approximate surface area is 143 Å². The lowest BCUT2D eigenvalue weighted by Gasteiger charge is -2.10. The van der Waals surface area contributed by atoms with E-state index in [9.17, 15) is 4.79 Å². The molecule has 0 radical (unpaired) electrons. The van der Waals surface area contributed by atoms with Gasteiger partial charge < -0.3 is 13.9 Å². The Morgan fingerprint density at radius 1 is 1.35 bits per heavy atom. The fourth-order valence-corrected chi connectivity index (χ4v) is 2.85. The number of ether oxygens (including phenoxy) is 2. The zero-order chi connectivity index (χ0) is 16.7. The number of hydrogen-bond acceptors (Lipinski definition) is 5. The van der Waals surface area contributed by atoms with E-state index in [0.29, 0.717) is 18.0 Å². The van der Waals surface area contributed by atoms with Gasteiger partial charge in [-0.25, -0.2) is 4.98 Å². The Morgan fingerprint density at radius 2 is 2.00 bits per heavy atom. The van der Waals surface area contributed by atoms with Crippen LogP contribution in [-0.4, -0.2) is 22.4 Å². The summed E-state index contributed by atoms with van der Waals surface area (Å²) in [6.45, 7) is 1.69. The lowest BCUT2D eigenvalue weighted by molar-refractivity contribution is -0.151. The highest BCUT2D eigenvalue weighted by atomic mass is 35.5. The van der Waals surface area contributed by atoms with Crippen LogP contribution >= 0.6 is 23.2 Å². The van der Waals surface area contributed by atoms with Gasteiger partial charge in [-0.2, -0.15) is 0 Å². The molecule has 1 saturated carbocycles. The molecule has 0 bridgehead atoms. The fraction of sp³-hybridized carbons (Fsp3) is 0.375. The van der Waals surface area contributed by atoms with Crippen LogP contribution in [0.1, 0.15) is 19.0 Å². The molecule has 0 N–H and O–H groups in total. The average molecular weight is 356 g/mol. The summed E-state index contributed by atoms with van der Waals surface area (Å²) in [6.07, 6.45) is 1.84. The molecular weight excluding hydrogens is 341 g/mol. The molecule has 1 aromatic carbocycles. The van der Waals surface area contributed by atoms with Gasteiger partial charge in [-0.1, -0.05) is 0 Å². The Kier molecular flexibility index (Phi) is 4.02. The molecule has 1 aliphatic rings. The number of rotatable bonds is 5. The maximum Gasteiger partial charge on any atom is 0.315 e. The molecular formula is C16H15Cl2NO4. The summed E-state index contributed by atoms with van der Waals surface area (Å²) in [5.74, 6) is 0.759. The van der Waals surface area contributed by atoms with Gasteiger partial charge in [-0.3, -0.25) is 4.79 Å². The molecule has 0 amide bonds. The molecule has 2 aromatic rings. The van der Waals surface area contributed by atoms with Crippen LogP contribution in [0.15, 0.2) is 34.9 Å². The predicted octanol–water partition coefficient (Wildman–Crippen LogP) is 3.98. The Balaban J connectivity index is 1.62. The molecule has 0 aliphatic heterocycles. The first-order valence-electron chi connectivity index (χ1n) is 7.00. The van der Waals surface area contributed by atoms with Crippen molar-refractivity contribution in [2.24, 2.45) is 5.41 Å². The fourth-order valence-electron chi connectivity index (χ4n) is 2.16. The van der Waals surface area contributed by atoms with Crippen LogP contribution in [-0.2, 0) is 16.1 Å².